The molecule has 240 valence electrons. The number of nitrogens with one attached hydrogen (secondary N) is 1. The Hall–Kier alpha value is -4.14. The Morgan fingerprint density at radius 2 is 2.02 bits per heavy atom. The fraction of sp³-hybridized carbons (Fsp3) is 0.429. The number of terminal acetylenes is 1. The number of nitrogens with zero attached hydrogens (tertiary/aromatic N) is 4. The van der Waals surface area contributed by atoms with E-state index in [0.717, 1.165) is 25.5 Å². The molecule has 0 bridgehead atoms. The van der Waals surface area contributed by atoms with Crippen LogP contribution in [0.4, 0.5) is 23.4 Å². The lowest BCUT2D eigenvalue weighted by Crippen LogP contribution is -2.61. The lowest BCUT2D eigenvalue weighted by molar-refractivity contribution is 0.0831. The Labute approximate surface area is 264 Å². The van der Waals surface area contributed by atoms with Gasteiger partial charge in [0.15, 0.2) is 11.6 Å². The summed E-state index contributed by atoms with van der Waals surface area (Å²) in [6.07, 6.45) is 6.92. The largest absolute Gasteiger partial charge is 0.508 e. The summed E-state index contributed by atoms with van der Waals surface area (Å²) in [5, 5.41) is 14.5. The summed E-state index contributed by atoms with van der Waals surface area (Å²) >= 11 is 0. The Kier molecular flexibility index (Phi) is 7.48. The highest BCUT2D eigenvalue weighted by Gasteiger charge is 2.49. The van der Waals surface area contributed by atoms with E-state index in [1.165, 1.54) is 12.1 Å². The Morgan fingerprint density at radius 1 is 1.20 bits per heavy atom. The first-order chi connectivity index (χ1) is 22.0. The van der Waals surface area contributed by atoms with Gasteiger partial charge in [0.25, 0.3) is 0 Å². The van der Waals surface area contributed by atoms with E-state index in [1.807, 2.05) is 6.92 Å². The molecule has 3 aliphatic rings. The van der Waals surface area contributed by atoms with Crippen LogP contribution in [0, 0.1) is 24.0 Å². The van der Waals surface area contributed by atoms with Crippen LogP contribution in [-0.4, -0.2) is 76.3 Å². The average molecular weight is 634 g/mol. The number of halogens is 4. The first-order valence-corrected chi connectivity index (χ1v) is 15.7. The van der Waals surface area contributed by atoms with E-state index >= 15 is 13.2 Å². The molecular weight excluding hydrogens is 598 g/mol. The monoisotopic (exact) mass is 633 g/mol. The summed E-state index contributed by atoms with van der Waals surface area (Å²) in [6.45, 7) is 4.93. The lowest BCUT2D eigenvalue weighted by Gasteiger charge is -2.42. The Balaban J connectivity index is 1.41. The van der Waals surface area contributed by atoms with Crippen LogP contribution in [0.5, 0.6) is 11.8 Å². The second kappa shape index (κ2) is 11.3. The van der Waals surface area contributed by atoms with E-state index in [1.54, 1.807) is 30.0 Å². The summed E-state index contributed by atoms with van der Waals surface area (Å²) < 4.78 is 69.5. The van der Waals surface area contributed by atoms with Crippen LogP contribution in [0.2, 0.25) is 0 Å². The quantitative estimate of drug-likeness (QED) is 0.148. The predicted molar refractivity (Wildman–Crippen MR) is 169 cm³/mol. The van der Waals surface area contributed by atoms with Crippen molar-refractivity contribution in [3.05, 3.63) is 53.6 Å². The smallest absolute Gasteiger partial charge is 0.319 e. The van der Waals surface area contributed by atoms with Crippen molar-refractivity contribution in [3.8, 4) is 35.2 Å². The number of rotatable bonds is 6. The summed E-state index contributed by atoms with van der Waals surface area (Å²) in [5.41, 5.74) is -0.709. The average Bonchev–Trinajstić information content (AvgIpc) is 3.54. The maximum Gasteiger partial charge on any atom is 0.319 e. The fourth-order valence-corrected chi connectivity index (χ4v) is 7.70. The van der Waals surface area contributed by atoms with Gasteiger partial charge in [-0.3, -0.25) is 10.2 Å². The van der Waals surface area contributed by atoms with Gasteiger partial charge in [-0.2, -0.15) is 9.97 Å². The maximum absolute atomic E-state index is 16.9. The number of hydrogen-bond acceptors (Lipinski definition) is 7. The molecule has 3 aliphatic heterocycles. The molecule has 0 amide bonds. The number of phenols is 1. The van der Waals surface area contributed by atoms with Gasteiger partial charge in [0, 0.05) is 47.5 Å². The van der Waals surface area contributed by atoms with Gasteiger partial charge in [0.05, 0.1) is 17.6 Å². The molecule has 0 saturated carbocycles. The molecule has 46 heavy (non-hydrogen) atoms. The minimum absolute atomic E-state index is 0.0469. The summed E-state index contributed by atoms with van der Waals surface area (Å²) in [6, 6.07) is 8.48. The van der Waals surface area contributed by atoms with Gasteiger partial charge in [-0.25, -0.2) is 17.6 Å². The molecule has 3 fully saturated rings. The van der Waals surface area contributed by atoms with Crippen LogP contribution in [0.1, 0.15) is 45.1 Å². The second-order valence-corrected chi connectivity index (χ2v) is 12.9. The van der Waals surface area contributed by atoms with E-state index < -0.39 is 34.7 Å². The Bertz CT molecular complexity index is 1900. The third-order valence-corrected chi connectivity index (χ3v) is 9.76. The number of hydrogen-bond donors (Lipinski definition) is 2. The number of alkyl halides is 2. The zero-order valence-electron chi connectivity index (χ0n) is 25.7. The van der Waals surface area contributed by atoms with Gasteiger partial charge in [0.1, 0.15) is 35.7 Å². The molecule has 2 N–H and O–H groups in total. The third-order valence-electron chi connectivity index (χ3n) is 9.76. The van der Waals surface area contributed by atoms with Crippen molar-refractivity contribution < 1.29 is 27.4 Å². The van der Waals surface area contributed by atoms with Gasteiger partial charge in [0.2, 0.25) is 0 Å². The predicted octanol–water partition coefficient (Wildman–Crippen LogP) is 6.24. The van der Waals surface area contributed by atoms with Crippen molar-refractivity contribution >= 4 is 27.5 Å². The number of phenolic OH excluding ortho intramolecular Hbond substituents is 1. The summed E-state index contributed by atoms with van der Waals surface area (Å²) in [4.78, 5) is 12.8. The molecule has 11 heteroatoms. The van der Waals surface area contributed by atoms with E-state index in [9.17, 15) is 9.50 Å². The lowest BCUT2D eigenvalue weighted by atomic mass is 9.93. The number of aromatic nitrogens is 2. The number of benzene rings is 3. The molecule has 1 aromatic heterocycles. The second-order valence-electron chi connectivity index (χ2n) is 12.9. The van der Waals surface area contributed by atoms with E-state index in [-0.39, 0.29) is 59.7 Å². The molecule has 0 radical (unpaired) electrons. The van der Waals surface area contributed by atoms with Crippen LogP contribution in [-0.2, 0) is 0 Å². The number of fused-ring (bicyclic) bond motifs is 3. The van der Waals surface area contributed by atoms with Gasteiger partial charge in [-0.1, -0.05) is 25.0 Å². The highest BCUT2D eigenvalue weighted by atomic mass is 19.2. The molecule has 7 nitrogen and oxygen atoms in total. The van der Waals surface area contributed by atoms with Crippen LogP contribution < -0.4 is 15.0 Å². The van der Waals surface area contributed by atoms with Crippen LogP contribution in [0.25, 0.3) is 32.8 Å². The van der Waals surface area contributed by atoms with Crippen molar-refractivity contribution in [1.82, 2.24) is 20.2 Å². The van der Waals surface area contributed by atoms with Crippen molar-refractivity contribution in [2.75, 3.05) is 37.7 Å². The Morgan fingerprint density at radius 3 is 2.80 bits per heavy atom. The maximum atomic E-state index is 16.9. The first-order valence-electron chi connectivity index (χ1n) is 15.7. The van der Waals surface area contributed by atoms with Crippen molar-refractivity contribution in [2.45, 2.75) is 63.1 Å². The molecule has 3 saturated heterocycles. The van der Waals surface area contributed by atoms with Gasteiger partial charge >= 0.3 is 6.01 Å². The van der Waals surface area contributed by atoms with Crippen LogP contribution >= 0.6 is 0 Å². The summed E-state index contributed by atoms with van der Waals surface area (Å²) in [5.74, 6) is -1.18. The molecule has 3 aromatic carbocycles. The van der Waals surface area contributed by atoms with Crippen molar-refractivity contribution in [1.29, 1.82) is 0 Å². The first kappa shape index (κ1) is 30.5. The minimum Gasteiger partial charge on any atom is -0.508 e. The number of piperazine rings is 1. The molecule has 4 heterocycles. The molecule has 4 atom stereocenters. The number of aromatic hydroxyl groups is 1. The van der Waals surface area contributed by atoms with E-state index in [4.69, 9.17) is 11.2 Å². The number of ether oxygens (including phenoxy) is 1. The number of anilines is 1. The molecule has 1 unspecified atom stereocenters. The highest BCUT2D eigenvalue weighted by Crippen LogP contribution is 2.43. The molecule has 4 aromatic rings. The molecular formula is C35H35F4N5O2. The van der Waals surface area contributed by atoms with Gasteiger partial charge < -0.3 is 14.7 Å². The van der Waals surface area contributed by atoms with Crippen molar-refractivity contribution in [2.24, 2.45) is 0 Å². The van der Waals surface area contributed by atoms with Crippen LogP contribution in [0.3, 0.4) is 0 Å². The zero-order valence-corrected chi connectivity index (χ0v) is 25.7. The zero-order chi connectivity index (χ0) is 32.4. The van der Waals surface area contributed by atoms with Gasteiger partial charge in [-0.05, 0) is 62.4 Å². The standard InChI is InChI=1S/C35H35F4N5O2/c1-4-21-8-6-9-22-12-24(45)13-25(28(21)22)29-27(37)14-26-31(30(29)38)40-33(46-19-34-10-7-11-44(34)17-23(36)15-34)41-32(26)43-16-20(3)42-35(39,5-2)18-43/h1,6,8-9,12-14,20,23,42,45H,5,7,10-11,15-19H2,2-3H3/t20-,23-,34+,35?/m1/s1. The van der Waals surface area contributed by atoms with E-state index in [0.29, 0.717) is 35.8 Å². The highest BCUT2D eigenvalue weighted by molar-refractivity contribution is 6.04. The normalized spacial score (nSPS) is 26.5. The molecule has 0 spiro atoms. The van der Waals surface area contributed by atoms with E-state index in [2.05, 4.69) is 26.1 Å². The molecule has 7 rings (SSSR count). The van der Waals surface area contributed by atoms with Crippen molar-refractivity contribution in [3.63, 3.8) is 0 Å². The van der Waals surface area contributed by atoms with Crippen LogP contribution in [0.15, 0.2) is 36.4 Å². The third kappa shape index (κ3) is 5.08. The minimum atomic E-state index is -1.76. The summed E-state index contributed by atoms with van der Waals surface area (Å²) in [7, 11) is 0. The SMILES string of the molecule is C#Cc1cccc2cc(O)cc(-c3c(F)cc4c(N5C[C@@H](C)NC(F)(CC)C5)nc(OC[C@@]56CCCN5C[C@H](F)C6)nc4c3F)c12. The fourth-order valence-electron chi connectivity index (χ4n) is 7.70. The molecule has 0 aliphatic carbocycles. The topological polar surface area (TPSA) is 73.8 Å². The van der Waals surface area contributed by atoms with Gasteiger partial charge in [-0.15, -0.1) is 6.42 Å².